The molecule has 2 aromatic heterocycles. The van der Waals surface area contributed by atoms with Gasteiger partial charge in [0.05, 0.1) is 50.9 Å². The zero-order valence-corrected chi connectivity index (χ0v) is 27.0. The van der Waals surface area contributed by atoms with Crippen LogP contribution in [0.1, 0.15) is 59.4 Å². The fourth-order valence-electron chi connectivity index (χ4n) is 4.19. The molecule has 0 aliphatic carbocycles. The molecular formula is C31H48N4O4Si. The van der Waals surface area contributed by atoms with Gasteiger partial charge in [0.15, 0.2) is 8.32 Å². The minimum atomic E-state index is -1.93. The highest BCUT2D eigenvalue weighted by atomic mass is 28.4. The third kappa shape index (κ3) is 7.78. The van der Waals surface area contributed by atoms with E-state index in [4.69, 9.17) is 28.6 Å². The summed E-state index contributed by atoms with van der Waals surface area (Å²) in [7, 11) is 3.02. The second-order valence-corrected chi connectivity index (χ2v) is 17.0. The molecule has 1 atom stereocenters. The van der Waals surface area contributed by atoms with E-state index in [1.165, 1.54) is 0 Å². The van der Waals surface area contributed by atoms with E-state index in [1.54, 1.807) is 27.5 Å². The van der Waals surface area contributed by atoms with Gasteiger partial charge in [0.2, 0.25) is 0 Å². The Morgan fingerprint density at radius 1 is 0.925 bits per heavy atom. The van der Waals surface area contributed by atoms with Gasteiger partial charge in [-0.15, -0.1) is 0 Å². The lowest BCUT2D eigenvalue weighted by atomic mass is 9.95. The van der Waals surface area contributed by atoms with Gasteiger partial charge in [-0.1, -0.05) is 40.5 Å². The molecule has 3 aromatic rings. The van der Waals surface area contributed by atoms with Crippen LogP contribution in [-0.2, 0) is 11.0 Å². The van der Waals surface area contributed by atoms with Gasteiger partial charge < -0.3 is 29.3 Å². The number of aromatic nitrogens is 2. The molecule has 0 saturated heterocycles. The number of methoxy groups -OCH3 is 3. The second-order valence-electron chi connectivity index (χ2n) is 12.2. The fraction of sp³-hybridized carbons (Fsp3) is 0.548. The topological polar surface area (TPSA) is 86.8 Å². The van der Waals surface area contributed by atoms with Gasteiger partial charge in [-0.3, -0.25) is 0 Å². The Labute approximate surface area is 241 Å². The van der Waals surface area contributed by atoms with Crippen LogP contribution in [0.15, 0.2) is 36.5 Å². The molecule has 220 valence electrons. The number of pyridine rings is 2. The Morgan fingerprint density at radius 2 is 1.65 bits per heavy atom. The summed E-state index contributed by atoms with van der Waals surface area (Å²) in [5.74, 6) is 2.89. The van der Waals surface area contributed by atoms with Crippen LogP contribution in [0.5, 0.6) is 17.2 Å². The predicted molar refractivity (Wildman–Crippen MR) is 168 cm³/mol. The monoisotopic (exact) mass is 568 g/mol. The van der Waals surface area contributed by atoms with Crippen molar-refractivity contribution >= 4 is 30.9 Å². The van der Waals surface area contributed by atoms with Crippen molar-refractivity contribution in [1.29, 1.82) is 0 Å². The van der Waals surface area contributed by atoms with Crippen LogP contribution >= 0.6 is 0 Å². The molecule has 2 heterocycles. The van der Waals surface area contributed by atoms with Crippen molar-refractivity contribution < 1.29 is 18.6 Å². The average Bonchev–Trinajstić information content (AvgIpc) is 2.93. The molecule has 0 spiro atoms. The molecule has 0 bridgehead atoms. The van der Waals surface area contributed by atoms with Crippen LogP contribution in [0.25, 0.3) is 11.0 Å². The quantitative estimate of drug-likeness (QED) is 0.192. The van der Waals surface area contributed by atoms with Crippen molar-refractivity contribution in [3.63, 3.8) is 0 Å². The van der Waals surface area contributed by atoms with Crippen molar-refractivity contribution in [2.75, 3.05) is 38.6 Å². The summed E-state index contributed by atoms with van der Waals surface area (Å²) >= 11 is 0. The number of unbranched alkanes of at least 4 members (excludes halogenated alkanes) is 1. The number of ether oxygens (including phenoxy) is 3. The number of fused-ring (bicyclic) bond motifs is 1. The molecule has 0 aliphatic rings. The highest BCUT2D eigenvalue weighted by Crippen LogP contribution is 2.38. The summed E-state index contributed by atoms with van der Waals surface area (Å²) in [6, 6.07) is 9.76. The molecule has 0 unspecified atom stereocenters. The Bertz CT molecular complexity index is 1280. The lowest BCUT2D eigenvalue weighted by Crippen LogP contribution is -2.48. The van der Waals surface area contributed by atoms with Crippen LogP contribution < -0.4 is 24.8 Å². The average molecular weight is 569 g/mol. The standard InChI is InChI=1S/C31H48N4O4Si/c1-11-12-15-31(5,21-39-40(9,10)30(2,3)4)35-26-18-28(34-25-16-24(37-7)20-33-29(25)26)32-19-22-13-14-23(36-6)17-27(22)38-8/h13-14,16-18,20H,11-12,15,19,21H2,1-10H3,(H2,32,34,35)/t31-/m1/s1. The van der Waals surface area contributed by atoms with Crippen LogP contribution in [0, 0.1) is 0 Å². The highest BCUT2D eigenvalue weighted by Gasteiger charge is 2.39. The highest BCUT2D eigenvalue weighted by molar-refractivity contribution is 6.74. The molecule has 0 aliphatic heterocycles. The van der Waals surface area contributed by atoms with E-state index in [1.807, 2.05) is 30.3 Å². The molecule has 0 amide bonds. The first-order valence-corrected chi connectivity index (χ1v) is 17.0. The second kappa shape index (κ2) is 13.1. The van der Waals surface area contributed by atoms with Gasteiger partial charge in [-0.2, -0.15) is 0 Å². The minimum Gasteiger partial charge on any atom is -0.497 e. The Morgan fingerprint density at radius 3 is 2.27 bits per heavy atom. The Balaban J connectivity index is 1.97. The summed E-state index contributed by atoms with van der Waals surface area (Å²) in [6.45, 7) is 17.1. The SMILES string of the molecule is CCCC[C@](C)(CO[Si](C)(C)C(C)(C)C)Nc1cc(NCc2ccc(OC)cc2OC)nc2cc(OC)cnc12. The molecule has 0 radical (unpaired) electrons. The van der Waals surface area contributed by atoms with Crippen LogP contribution in [0.3, 0.4) is 0 Å². The van der Waals surface area contributed by atoms with E-state index in [9.17, 15) is 0 Å². The van der Waals surface area contributed by atoms with E-state index >= 15 is 0 Å². The molecule has 40 heavy (non-hydrogen) atoms. The van der Waals surface area contributed by atoms with Crippen molar-refractivity contribution in [2.24, 2.45) is 0 Å². The largest absolute Gasteiger partial charge is 0.497 e. The maximum absolute atomic E-state index is 6.74. The first kappa shape index (κ1) is 31.5. The molecule has 3 rings (SSSR count). The number of nitrogens with one attached hydrogen (secondary N) is 2. The van der Waals surface area contributed by atoms with E-state index in [-0.39, 0.29) is 10.6 Å². The number of anilines is 2. The third-order valence-electron chi connectivity index (χ3n) is 7.89. The summed E-state index contributed by atoms with van der Waals surface area (Å²) in [5, 5.41) is 7.47. The van der Waals surface area contributed by atoms with Crippen molar-refractivity contribution in [2.45, 2.75) is 84.1 Å². The summed E-state index contributed by atoms with van der Waals surface area (Å²) in [6.07, 6.45) is 4.92. The summed E-state index contributed by atoms with van der Waals surface area (Å²) in [4.78, 5) is 9.60. The smallest absolute Gasteiger partial charge is 0.192 e. The Kier molecular flexibility index (Phi) is 10.3. The minimum absolute atomic E-state index is 0.139. The fourth-order valence-corrected chi connectivity index (χ4v) is 5.31. The van der Waals surface area contributed by atoms with E-state index in [2.05, 4.69) is 58.3 Å². The first-order valence-electron chi connectivity index (χ1n) is 14.1. The number of benzene rings is 1. The maximum Gasteiger partial charge on any atom is 0.192 e. The normalized spacial score (nSPS) is 13.6. The van der Waals surface area contributed by atoms with Crippen molar-refractivity contribution in [3.05, 3.63) is 42.1 Å². The van der Waals surface area contributed by atoms with Gasteiger partial charge in [-0.05, 0) is 43.6 Å². The number of nitrogens with zero attached hydrogens (tertiary/aromatic N) is 2. The van der Waals surface area contributed by atoms with Gasteiger partial charge in [-0.25, -0.2) is 9.97 Å². The molecular weight excluding hydrogens is 520 g/mol. The predicted octanol–water partition coefficient (Wildman–Crippen LogP) is 7.65. The van der Waals surface area contributed by atoms with E-state index in [0.29, 0.717) is 18.9 Å². The summed E-state index contributed by atoms with van der Waals surface area (Å²) in [5.41, 5.74) is 3.17. The van der Waals surface area contributed by atoms with Gasteiger partial charge in [0.25, 0.3) is 0 Å². The number of rotatable bonds is 14. The molecule has 8 nitrogen and oxygen atoms in total. The zero-order valence-electron chi connectivity index (χ0n) is 26.0. The van der Waals surface area contributed by atoms with Crippen LogP contribution in [0.2, 0.25) is 18.1 Å². The number of hydrogen-bond acceptors (Lipinski definition) is 8. The zero-order chi connectivity index (χ0) is 29.6. The van der Waals surface area contributed by atoms with Gasteiger partial charge in [0.1, 0.15) is 28.6 Å². The van der Waals surface area contributed by atoms with Crippen molar-refractivity contribution in [1.82, 2.24) is 9.97 Å². The maximum atomic E-state index is 6.74. The molecule has 9 heteroatoms. The summed E-state index contributed by atoms with van der Waals surface area (Å²) < 4.78 is 23.1. The molecule has 0 fully saturated rings. The number of hydrogen-bond donors (Lipinski definition) is 2. The lowest BCUT2D eigenvalue weighted by molar-refractivity contribution is 0.214. The molecule has 2 N–H and O–H groups in total. The first-order chi connectivity index (χ1) is 18.8. The molecule has 1 aromatic carbocycles. The molecule has 0 saturated carbocycles. The van der Waals surface area contributed by atoms with Gasteiger partial charge in [0, 0.05) is 30.3 Å². The lowest BCUT2D eigenvalue weighted by Gasteiger charge is -2.41. The Hall–Kier alpha value is -3.04. The van der Waals surface area contributed by atoms with E-state index in [0.717, 1.165) is 58.9 Å². The third-order valence-corrected chi connectivity index (χ3v) is 12.4. The van der Waals surface area contributed by atoms with Crippen LogP contribution in [0.4, 0.5) is 11.5 Å². The van der Waals surface area contributed by atoms with Gasteiger partial charge >= 0.3 is 0 Å². The van der Waals surface area contributed by atoms with Crippen molar-refractivity contribution in [3.8, 4) is 17.2 Å². The van der Waals surface area contributed by atoms with Crippen LogP contribution in [-0.4, -0.2) is 51.8 Å². The van der Waals surface area contributed by atoms with E-state index < -0.39 is 8.32 Å².